The minimum Gasteiger partial charge on any atom is -0.461 e. The number of nitrogens with one attached hydrogen (secondary N) is 2. The van der Waals surface area contributed by atoms with Crippen molar-refractivity contribution in [1.82, 2.24) is 40.4 Å². The quantitative estimate of drug-likeness (QED) is 0.238. The Hall–Kier alpha value is -5.13. The van der Waals surface area contributed by atoms with Gasteiger partial charge in [0.15, 0.2) is 0 Å². The molecular weight excluding hydrogens is 572 g/mol. The minimum absolute atomic E-state index is 0.0726. The highest BCUT2D eigenvalue weighted by Crippen LogP contribution is 2.20. The van der Waals surface area contributed by atoms with Gasteiger partial charge in [0, 0.05) is 31.6 Å². The van der Waals surface area contributed by atoms with Crippen molar-refractivity contribution >= 4 is 22.8 Å². The van der Waals surface area contributed by atoms with Gasteiger partial charge < -0.3 is 15.1 Å². The van der Waals surface area contributed by atoms with Crippen LogP contribution in [-0.4, -0.2) is 41.6 Å². The lowest BCUT2D eigenvalue weighted by atomic mass is 10.0. The Kier molecular flexibility index (Phi) is 14.3. The monoisotopic (exact) mass is 616 g/mol. The summed E-state index contributed by atoms with van der Waals surface area (Å²) in [5.74, 6) is -0.0496. The number of hydrogen-bond acceptors (Lipinski definition) is 8. The van der Waals surface area contributed by atoms with Crippen LogP contribution in [0.1, 0.15) is 91.9 Å². The maximum absolute atomic E-state index is 12.8. The Morgan fingerprint density at radius 2 is 1.44 bits per heavy atom. The van der Waals surface area contributed by atoms with E-state index in [1.807, 2.05) is 91.8 Å². The number of fused-ring (bicyclic) bond motifs is 1. The van der Waals surface area contributed by atoms with Gasteiger partial charge in [-0.25, -0.2) is 14.8 Å². The second kappa shape index (κ2) is 17.9. The van der Waals surface area contributed by atoms with E-state index in [2.05, 4.69) is 31.0 Å². The lowest BCUT2D eigenvalue weighted by molar-refractivity contribution is 0.0944. The fourth-order valence-corrected chi connectivity index (χ4v) is 4.18. The van der Waals surface area contributed by atoms with E-state index in [-0.39, 0.29) is 30.2 Å². The van der Waals surface area contributed by atoms with Crippen LogP contribution in [0.15, 0.2) is 64.1 Å². The Bertz CT molecular complexity index is 1750. The normalized spacial score (nSPS) is 9.98. The van der Waals surface area contributed by atoms with Crippen LogP contribution in [0.5, 0.6) is 0 Å². The van der Waals surface area contributed by atoms with E-state index in [1.54, 1.807) is 6.07 Å². The van der Waals surface area contributed by atoms with E-state index in [0.29, 0.717) is 12.1 Å². The SMILES string of the molecule is CC.CC.CC.CCc1cc(-n2nnn(C)c2=O)ccc1CNC(=O)c1cc(C(=O)NCc2ccc3cc(C)oc3c2)ncn1. The van der Waals surface area contributed by atoms with Crippen molar-refractivity contribution in [2.45, 2.75) is 74.9 Å². The van der Waals surface area contributed by atoms with Gasteiger partial charge in [-0.05, 0) is 64.7 Å². The number of benzene rings is 2. The van der Waals surface area contributed by atoms with E-state index in [9.17, 15) is 14.4 Å². The van der Waals surface area contributed by atoms with Gasteiger partial charge in [0.05, 0.1) is 5.69 Å². The van der Waals surface area contributed by atoms with Gasteiger partial charge in [0.1, 0.15) is 29.1 Å². The smallest absolute Gasteiger partial charge is 0.368 e. The van der Waals surface area contributed by atoms with Gasteiger partial charge in [0.25, 0.3) is 11.8 Å². The second-order valence-electron chi connectivity index (χ2n) is 8.99. The maximum Gasteiger partial charge on any atom is 0.368 e. The molecule has 0 aliphatic rings. The van der Waals surface area contributed by atoms with Crippen molar-refractivity contribution < 1.29 is 14.0 Å². The van der Waals surface area contributed by atoms with Crippen LogP contribution in [0, 0.1) is 6.92 Å². The molecule has 240 valence electrons. The molecule has 2 aromatic carbocycles. The summed E-state index contributed by atoms with van der Waals surface area (Å²) < 4.78 is 8.01. The van der Waals surface area contributed by atoms with Crippen molar-refractivity contribution in [2.75, 3.05) is 0 Å². The number of nitrogens with zero attached hydrogens (tertiary/aromatic N) is 6. The molecule has 0 radical (unpaired) electrons. The number of carbonyl (C=O) groups is 2. The number of aryl methyl sites for hydroxylation is 3. The second-order valence-corrected chi connectivity index (χ2v) is 8.99. The molecule has 0 aliphatic heterocycles. The third-order valence-corrected chi connectivity index (χ3v) is 6.27. The molecule has 3 aromatic heterocycles. The third-order valence-electron chi connectivity index (χ3n) is 6.27. The summed E-state index contributed by atoms with van der Waals surface area (Å²) in [4.78, 5) is 45.7. The third kappa shape index (κ3) is 9.18. The number of hydrogen-bond donors (Lipinski definition) is 2. The fraction of sp³-hybridized carbons (Fsp3) is 0.364. The Balaban J connectivity index is 0.00000111. The molecule has 2 amide bonds. The first kappa shape index (κ1) is 36.1. The number of amides is 2. The summed E-state index contributed by atoms with van der Waals surface area (Å²) in [5, 5.41) is 14.2. The lowest BCUT2D eigenvalue weighted by Crippen LogP contribution is -2.27. The number of tetrazole rings is 1. The Morgan fingerprint density at radius 1 is 0.800 bits per heavy atom. The van der Waals surface area contributed by atoms with Crippen LogP contribution in [0.3, 0.4) is 0 Å². The maximum atomic E-state index is 12.8. The van der Waals surface area contributed by atoms with Crippen LogP contribution >= 0.6 is 0 Å². The van der Waals surface area contributed by atoms with Gasteiger partial charge in [-0.2, -0.15) is 9.36 Å². The van der Waals surface area contributed by atoms with E-state index in [1.165, 1.54) is 24.1 Å². The number of furan rings is 1. The molecule has 12 heteroatoms. The highest BCUT2D eigenvalue weighted by Gasteiger charge is 2.15. The zero-order valence-corrected chi connectivity index (χ0v) is 27.6. The molecule has 0 unspecified atom stereocenters. The Labute approximate surface area is 263 Å². The topological polar surface area (TPSA) is 150 Å². The van der Waals surface area contributed by atoms with Crippen molar-refractivity contribution in [3.8, 4) is 5.69 Å². The summed E-state index contributed by atoms with van der Waals surface area (Å²) in [5.41, 5.74) is 3.84. The van der Waals surface area contributed by atoms with Crippen molar-refractivity contribution in [3.63, 3.8) is 0 Å². The highest BCUT2D eigenvalue weighted by molar-refractivity contribution is 5.97. The summed E-state index contributed by atoms with van der Waals surface area (Å²) >= 11 is 0. The Morgan fingerprint density at radius 3 is 2.04 bits per heavy atom. The van der Waals surface area contributed by atoms with E-state index in [0.717, 1.165) is 38.1 Å². The van der Waals surface area contributed by atoms with E-state index >= 15 is 0 Å². The van der Waals surface area contributed by atoms with Gasteiger partial charge in [-0.15, -0.1) is 0 Å². The lowest BCUT2D eigenvalue weighted by Gasteiger charge is -2.11. The van der Waals surface area contributed by atoms with Crippen molar-refractivity contribution in [1.29, 1.82) is 0 Å². The molecule has 0 saturated heterocycles. The molecule has 12 nitrogen and oxygen atoms in total. The van der Waals surface area contributed by atoms with Crippen molar-refractivity contribution in [3.05, 3.63) is 99.2 Å². The molecule has 0 saturated carbocycles. The molecule has 0 aliphatic carbocycles. The molecular formula is C33H44N8O4. The van der Waals surface area contributed by atoms with E-state index in [4.69, 9.17) is 4.42 Å². The summed E-state index contributed by atoms with van der Waals surface area (Å²) in [6.45, 7) is 16.4. The highest BCUT2D eigenvalue weighted by atomic mass is 16.3. The van der Waals surface area contributed by atoms with Crippen molar-refractivity contribution in [2.24, 2.45) is 7.05 Å². The van der Waals surface area contributed by atoms with Crippen LogP contribution in [-0.2, 0) is 26.6 Å². The number of rotatable bonds is 8. The summed E-state index contributed by atoms with van der Waals surface area (Å²) in [6.07, 6.45) is 1.87. The largest absolute Gasteiger partial charge is 0.461 e. The first-order chi connectivity index (χ1) is 21.8. The molecule has 0 atom stereocenters. The van der Waals surface area contributed by atoms with Crippen LogP contribution in [0.2, 0.25) is 0 Å². The zero-order valence-electron chi connectivity index (χ0n) is 27.6. The molecule has 0 bridgehead atoms. The predicted molar refractivity (Wildman–Crippen MR) is 175 cm³/mol. The summed E-state index contributed by atoms with van der Waals surface area (Å²) in [7, 11) is 1.53. The zero-order chi connectivity index (χ0) is 33.5. The van der Waals surface area contributed by atoms with Gasteiger partial charge in [-0.3, -0.25) is 9.59 Å². The molecule has 0 spiro atoms. The summed E-state index contributed by atoms with van der Waals surface area (Å²) in [6, 6.07) is 14.5. The van der Waals surface area contributed by atoms with Gasteiger partial charge >= 0.3 is 5.69 Å². The van der Waals surface area contributed by atoms with Gasteiger partial charge in [-0.1, -0.05) is 66.7 Å². The van der Waals surface area contributed by atoms with Crippen LogP contribution in [0.4, 0.5) is 0 Å². The molecule has 2 N–H and O–H groups in total. The standard InChI is InChI=1S/C27H26N8O4.3C2H6/c1-4-18-11-21(35-27(38)34(3)32-33-35)8-7-20(18)14-29-26(37)23-12-22(30-15-31-23)25(36)28-13-17-5-6-19-9-16(2)39-24(19)10-17;3*1-2/h5-12,15H,4,13-14H2,1-3H3,(H,28,36)(H,29,37);3*1-2H3. The molecule has 0 fully saturated rings. The fourth-order valence-electron chi connectivity index (χ4n) is 4.18. The van der Waals surface area contributed by atoms with Gasteiger partial charge in [0.2, 0.25) is 0 Å². The molecule has 5 aromatic rings. The average molecular weight is 617 g/mol. The number of carbonyl (C=O) groups excluding carboxylic acids is 2. The van der Waals surface area contributed by atoms with Crippen LogP contribution < -0.4 is 16.3 Å². The van der Waals surface area contributed by atoms with E-state index < -0.39 is 11.8 Å². The molecule has 5 rings (SSSR count). The molecule has 3 heterocycles. The van der Waals surface area contributed by atoms with Crippen LogP contribution in [0.25, 0.3) is 16.7 Å². The first-order valence-corrected chi connectivity index (χ1v) is 15.3. The number of aromatic nitrogens is 6. The average Bonchev–Trinajstić information content (AvgIpc) is 3.64. The minimum atomic E-state index is -0.443. The molecule has 45 heavy (non-hydrogen) atoms. The predicted octanol–water partition coefficient (Wildman–Crippen LogP) is 5.31. The first-order valence-electron chi connectivity index (χ1n) is 15.3.